The van der Waals surface area contributed by atoms with Gasteiger partial charge in [0.1, 0.15) is 0 Å². The Balaban J connectivity index is 1.80. The topological polar surface area (TPSA) is 0 Å². The first-order valence-corrected chi connectivity index (χ1v) is 3.83. The molecular weight excluding hydrogens is 115 g/mol. The fraction of sp³-hybridized carbons (Fsp3) is 0.875. The molecule has 9 heavy (non-hydrogen) atoms. The van der Waals surface area contributed by atoms with Crippen LogP contribution in [0.2, 0.25) is 0 Å². The van der Waals surface area contributed by atoms with E-state index in [0.717, 1.165) is 12.8 Å². The number of rotatable bonds is 4. The van der Waals surface area contributed by atoms with Crippen LogP contribution in [0.3, 0.4) is 0 Å². The molecule has 1 rings (SSSR count). The summed E-state index contributed by atoms with van der Waals surface area (Å²) in [7, 11) is 0. The molecule has 0 amide bonds. The van der Waals surface area contributed by atoms with E-state index in [1.165, 1.54) is 25.7 Å². The second-order valence-corrected chi connectivity index (χ2v) is 2.75. The molecule has 0 aliphatic heterocycles. The lowest BCUT2D eigenvalue weighted by Crippen LogP contribution is -2.07. The molecule has 1 aliphatic rings. The van der Waals surface area contributed by atoms with Crippen LogP contribution in [0.1, 0.15) is 38.5 Å². The molecule has 53 valence electrons. The van der Waals surface area contributed by atoms with Crippen molar-refractivity contribution in [2.24, 2.45) is 0 Å². The monoisotopic (exact) mass is 129 g/mol. The lowest BCUT2D eigenvalue weighted by Gasteiger charge is -2.24. The maximum Gasteiger partial charge on any atom is 0.0894 e. The van der Waals surface area contributed by atoms with Crippen molar-refractivity contribution in [3.05, 3.63) is 5.92 Å². The minimum Gasteiger partial charge on any atom is -0.251 e. The van der Waals surface area contributed by atoms with Crippen LogP contribution in [0.25, 0.3) is 0 Å². The Morgan fingerprint density at radius 2 is 2.00 bits per heavy atom. The van der Waals surface area contributed by atoms with Crippen molar-refractivity contribution in [1.82, 2.24) is 0 Å². The van der Waals surface area contributed by atoms with E-state index in [2.05, 4.69) is 0 Å². The maximum atomic E-state index is 11.6. The van der Waals surface area contributed by atoms with Gasteiger partial charge in [-0.1, -0.05) is 12.8 Å². The highest BCUT2D eigenvalue weighted by atomic mass is 19.1. The fourth-order valence-electron chi connectivity index (χ4n) is 1.15. The molecule has 1 heteroatoms. The molecular formula is C8H14F. The zero-order chi connectivity index (χ0) is 6.53. The molecule has 0 aromatic rings. The quantitative estimate of drug-likeness (QED) is 0.512. The highest BCUT2D eigenvalue weighted by Gasteiger charge is 2.16. The number of halogens is 1. The zero-order valence-corrected chi connectivity index (χ0v) is 5.83. The van der Waals surface area contributed by atoms with E-state index in [4.69, 9.17) is 0 Å². The summed E-state index contributed by atoms with van der Waals surface area (Å²) >= 11 is 0. The molecule has 0 aromatic carbocycles. The van der Waals surface area contributed by atoms with Crippen molar-refractivity contribution >= 4 is 0 Å². The Bertz CT molecular complexity index is 67.0. The molecule has 0 bridgehead atoms. The third-order valence-corrected chi connectivity index (χ3v) is 1.97. The van der Waals surface area contributed by atoms with Gasteiger partial charge in [0.25, 0.3) is 0 Å². The summed E-state index contributed by atoms with van der Waals surface area (Å²) in [4.78, 5) is 0. The molecule has 0 aromatic heterocycles. The Morgan fingerprint density at radius 1 is 1.22 bits per heavy atom. The standard InChI is InChI=1S/C8H14F/c9-7-2-1-4-8-5-3-6-8/h1-7H2. The van der Waals surface area contributed by atoms with Crippen molar-refractivity contribution in [3.63, 3.8) is 0 Å². The van der Waals surface area contributed by atoms with Crippen molar-refractivity contribution in [1.29, 1.82) is 0 Å². The van der Waals surface area contributed by atoms with Crippen LogP contribution in [0.4, 0.5) is 4.39 Å². The minimum absolute atomic E-state index is 0.132. The Kier molecular flexibility index (Phi) is 3.02. The van der Waals surface area contributed by atoms with Crippen LogP contribution in [0.5, 0.6) is 0 Å². The Morgan fingerprint density at radius 3 is 2.44 bits per heavy atom. The molecule has 1 radical (unpaired) electrons. The van der Waals surface area contributed by atoms with Crippen LogP contribution < -0.4 is 0 Å². The van der Waals surface area contributed by atoms with E-state index in [1.807, 2.05) is 0 Å². The van der Waals surface area contributed by atoms with Gasteiger partial charge < -0.3 is 0 Å². The molecule has 0 saturated heterocycles. The summed E-state index contributed by atoms with van der Waals surface area (Å²) in [6, 6.07) is 0. The largest absolute Gasteiger partial charge is 0.251 e. The molecule has 0 atom stereocenters. The molecule has 1 fully saturated rings. The number of unbranched alkanes of at least 4 members (excludes halogenated alkanes) is 1. The highest BCUT2D eigenvalue weighted by molar-refractivity contribution is 4.97. The summed E-state index contributed by atoms with van der Waals surface area (Å²) in [6.07, 6.45) is 7.07. The van der Waals surface area contributed by atoms with Gasteiger partial charge in [0, 0.05) is 0 Å². The molecule has 1 saturated carbocycles. The van der Waals surface area contributed by atoms with Crippen LogP contribution in [-0.4, -0.2) is 6.67 Å². The van der Waals surface area contributed by atoms with Crippen LogP contribution in [-0.2, 0) is 0 Å². The van der Waals surface area contributed by atoms with Gasteiger partial charge in [0.15, 0.2) is 0 Å². The van der Waals surface area contributed by atoms with Crippen molar-refractivity contribution in [2.45, 2.75) is 38.5 Å². The summed E-state index contributed by atoms with van der Waals surface area (Å²) in [5, 5.41) is 0. The van der Waals surface area contributed by atoms with Gasteiger partial charge in [-0.25, -0.2) is 0 Å². The first-order valence-electron chi connectivity index (χ1n) is 3.83. The van der Waals surface area contributed by atoms with Gasteiger partial charge in [-0.05, 0) is 31.6 Å². The average Bonchev–Trinajstić information content (AvgIpc) is 1.76. The minimum atomic E-state index is -0.132. The molecule has 0 unspecified atom stereocenters. The zero-order valence-electron chi connectivity index (χ0n) is 5.83. The van der Waals surface area contributed by atoms with Crippen LogP contribution in [0.15, 0.2) is 0 Å². The Hall–Kier alpha value is -0.0700. The molecule has 0 heterocycles. The normalized spacial score (nSPS) is 19.7. The second kappa shape index (κ2) is 3.86. The fourth-order valence-corrected chi connectivity index (χ4v) is 1.15. The van der Waals surface area contributed by atoms with Gasteiger partial charge in [-0.15, -0.1) is 0 Å². The van der Waals surface area contributed by atoms with E-state index >= 15 is 0 Å². The summed E-state index contributed by atoms with van der Waals surface area (Å²) < 4.78 is 11.6. The van der Waals surface area contributed by atoms with Gasteiger partial charge in [0.05, 0.1) is 6.67 Å². The first-order chi connectivity index (χ1) is 4.43. The molecule has 1 aliphatic carbocycles. The van der Waals surface area contributed by atoms with Gasteiger partial charge in [-0.3, -0.25) is 4.39 Å². The van der Waals surface area contributed by atoms with Gasteiger partial charge in [0.2, 0.25) is 0 Å². The maximum absolute atomic E-state index is 11.6. The smallest absolute Gasteiger partial charge is 0.0894 e. The van der Waals surface area contributed by atoms with E-state index < -0.39 is 0 Å². The second-order valence-electron chi connectivity index (χ2n) is 2.75. The van der Waals surface area contributed by atoms with E-state index in [-0.39, 0.29) is 6.67 Å². The van der Waals surface area contributed by atoms with E-state index in [9.17, 15) is 4.39 Å². The highest BCUT2D eigenvalue weighted by Crippen LogP contribution is 2.32. The van der Waals surface area contributed by atoms with Gasteiger partial charge >= 0.3 is 0 Å². The predicted octanol–water partition coefficient (Wildman–Crippen LogP) is 2.88. The van der Waals surface area contributed by atoms with Crippen molar-refractivity contribution < 1.29 is 4.39 Å². The lowest BCUT2D eigenvalue weighted by atomic mass is 9.82. The molecule has 0 N–H and O–H groups in total. The average molecular weight is 129 g/mol. The van der Waals surface area contributed by atoms with Gasteiger partial charge in [-0.2, -0.15) is 0 Å². The van der Waals surface area contributed by atoms with E-state index in [0.29, 0.717) is 0 Å². The van der Waals surface area contributed by atoms with Crippen molar-refractivity contribution in [3.8, 4) is 0 Å². The lowest BCUT2D eigenvalue weighted by molar-refractivity contribution is 0.433. The third kappa shape index (κ3) is 2.33. The predicted molar refractivity (Wildman–Crippen MR) is 36.9 cm³/mol. The number of hydrogen-bond donors (Lipinski definition) is 0. The van der Waals surface area contributed by atoms with Crippen LogP contribution in [0, 0.1) is 5.92 Å². The first kappa shape index (κ1) is 7.04. The van der Waals surface area contributed by atoms with Crippen molar-refractivity contribution in [2.75, 3.05) is 6.67 Å². The Labute approximate surface area is 56.5 Å². The number of hydrogen-bond acceptors (Lipinski definition) is 0. The summed E-state index contributed by atoms with van der Waals surface area (Å²) in [5.74, 6) is 1.67. The SMILES string of the molecule is FCCCC[C]1CCC1. The summed E-state index contributed by atoms with van der Waals surface area (Å²) in [6.45, 7) is -0.132. The molecule has 0 nitrogen and oxygen atoms in total. The summed E-state index contributed by atoms with van der Waals surface area (Å²) in [5.41, 5.74) is 0. The van der Waals surface area contributed by atoms with E-state index in [1.54, 1.807) is 5.92 Å². The number of alkyl halides is 1. The molecule has 0 spiro atoms. The third-order valence-electron chi connectivity index (χ3n) is 1.97. The van der Waals surface area contributed by atoms with Crippen LogP contribution >= 0.6 is 0 Å².